The lowest BCUT2D eigenvalue weighted by atomic mass is 9.88. The quantitative estimate of drug-likeness (QED) is 0.746. The molecule has 0 radical (unpaired) electrons. The summed E-state index contributed by atoms with van der Waals surface area (Å²) in [6.07, 6.45) is 0.412. The molecular formula is C13H23N3O2. The Bertz CT molecular complexity index is 347. The molecule has 0 spiro atoms. The molecule has 0 aromatic carbocycles. The van der Waals surface area contributed by atoms with Crippen molar-refractivity contribution in [3.05, 3.63) is 0 Å². The summed E-state index contributed by atoms with van der Waals surface area (Å²) in [5.41, 5.74) is -1.08. The summed E-state index contributed by atoms with van der Waals surface area (Å²) in [7, 11) is 0. The lowest BCUT2D eigenvalue weighted by Gasteiger charge is -2.22. The third-order valence-corrected chi connectivity index (χ3v) is 2.88. The molecule has 0 rings (SSSR count). The number of hydrogen-bond acceptors (Lipinski definition) is 3. The summed E-state index contributed by atoms with van der Waals surface area (Å²) in [4.78, 5) is 23.5. The van der Waals surface area contributed by atoms with Gasteiger partial charge in [-0.05, 0) is 26.2 Å². The molecule has 0 aromatic rings. The Morgan fingerprint density at radius 3 is 2.28 bits per heavy atom. The molecule has 0 aromatic heterocycles. The molecule has 2 N–H and O–H groups in total. The van der Waals surface area contributed by atoms with Crippen molar-refractivity contribution in [2.24, 2.45) is 11.3 Å². The van der Waals surface area contributed by atoms with Gasteiger partial charge in [-0.2, -0.15) is 5.26 Å². The molecular weight excluding hydrogens is 230 g/mol. The van der Waals surface area contributed by atoms with Gasteiger partial charge in [0, 0.05) is 6.54 Å². The molecule has 0 aliphatic heterocycles. The van der Waals surface area contributed by atoms with Crippen molar-refractivity contribution in [1.82, 2.24) is 10.6 Å². The van der Waals surface area contributed by atoms with E-state index in [1.807, 2.05) is 19.9 Å². The van der Waals surface area contributed by atoms with Crippen LogP contribution in [0.2, 0.25) is 0 Å². The van der Waals surface area contributed by atoms with Crippen LogP contribution in [-0.2, 0) is 9.59 Å². The van der Waals surface area contributed by atoms with Gasteiger partial charge >= 0.3 is 0 Å². The zero-order chi connectivity index (χ0) is 14.3. The van der Waals surface area contributed by atoms with E-state index in [-0.39, 0.29) is 5.91 Å². The van der Waals surface area contributed by atoms with Crippen molar-refractivity contribution in [3.63, 3.8) is 0 Å². The summed E-state index contributed by atoms with van der Waals surface area (Å²) in [5, 5.41) is 14.3. The van der Waals surface area contributed by atoms with E-state index in [0.29, 0.717) is 18.9 Å². The Hall–Kier alpha value is -1.57. The normalized spacial score (nSPS) is 15.4. The van der Waals surface area contributed by atoms with Gasteiger partial charge in [0.2, 0.25) is 11.8 Å². The Balaban J connectivity index is 4.40. The minimum Gasteiger partial charge on any atom is -0.354 e. The molecule has 0 saturated heterocycles. The predicted molar refractivity (Wildman–Crippen MR) is 69.5 cm³/mol. The van der Waals surface area contributed by atoms with Gasteiger partial charge in [-0.15, -0.1) is 0 Å². The van der Waals surface area contributed by atoms with Crippen molar-refractivity contribution >= 4 is 11.8 Å². The summed E-state index contributed by atoms with van der Waals surface area (Å²) in [5.74, 6) is -0.273. The number of nitrogens with one attached hydrogen (secondary N) is 2. The Labute approximate surface area is 109 Å². The molecule has 102 valence electrons. The average molecular weight is 253 g/mol. The smallest absolute Gasteiger partial charge is 0.242 e. The average Bonchev–Trinajstić information content (AvgIpc) is 2.34. The minimum atomic E-state index is -1.08. The summed E-state index contributed by atoms with van der Waals surface area (Å²) in [6.45, 7) is 9.51. The van der Waals surface area contributed by atoms with E-state index in [1.165, 1.54) is 0 Å². The lowest BCUT2D eigenvalue weighted by molar-refractivity contribution is -0.132. The van der Waals surface area contributed by atoms with Crippen molar-refractivity contribution in [3.8, 4) is 6.07 Å². The molecule has 0 saturated carbocycles. The molecule has 0 aliphatic carbocycles. The van der Waals surface area contributed by atoms with E-state index in [1.54, 1.807) is 20.8 Å². The van der Waals surface area contributed by atoms with Crippen molar-refractivity contribution in [1.29, 1.82) is 5.26 Å². The van der Waals surface area contributed by atoms with Crippen LogP contribution < -0.4 is 10.6 Å². The largest absolute Gasteiger partial charge is 0.354 e. The lowest BCUT2D eigenvalue weighted by Crippen LogP contribution is -2.49. The monoisotopic (exact) mass is 253 g/mol. The predicted octanol–water partition coefficient (Wildman–Crippen LogP) is 1.20. The van der Waals surface area contributed by atoms with Crippen LogP contribution >= 0.6 is 0 Å². The second-order valence-electron chi connectivity index (χ2n) is 5.13. The SMILES string of the molecule is CCC(C)(C#N)C(=O)NC(C)C(=O)NCC(C)C. The number of hydrogen-bond donors (Lipinski definition) is 2. The second-order valence-corrected chi connectivity index (χ2v) is 5.13. The van der Waals surface area contributed by atoms with E-state index in [9.17, 15) is 9.59 Å². The van der Waals surface area contributed by atoms with E-state index < -0.39 is 17.4 Å². The highest BCUT2D eigenvalue weighted by Crippen LogP contribution is 2.19. The fourth-order valence-corrected chi connectivity index (χ4v) is 1.17. The number of nitrogens with zero attached hydrogens (tertiary/aromatic N) is 1. The molecule has 2 unspecified atom stereocenters. The van der Waals surface area contributed by atoms with E-state index in [0.717, 1.165) is 0 Å². The zero-order valence-electron chi connectivity index (χ0n) is 11.8. The first-order valence-corrected chi connectivity index (χ1v) is 6.26. The number of carbonyl (C=O) groups excluding carboxylic acids is 2. The van der Waals surface area contributed by atoms with Crippen LogP contribution in [0.5, 0.6) is 0 Å². The zero-order valence-corrected chi connectivity index (χ0v) is 11.8. The van der Waals surface area contributed by atoms with E-state index in [2.05, 4.69) is 10.6 Å². The van der Waals surface area contributed by atoms with Crippen molar-refractivity contribution in [2.75, 3.05) is 6.54 Å². The third kappa shape index (κ3) is 4.74. The Kier molecular flexibility index (Phi) is 6.39. The fraction of sp³-hybridized carbons (Fsp3) is 0.769. The highest BCUT2D eigenvalue weighted by atomic mass is 16.2. The van der Waals surface area contributed by atoms with E-state index >= 15 is 0 Å². The molecule has 18 heavy (non-hydrogen) atoms. The van der Waals surface area contributed by atoms with Crippen molar-refractivity contribution < 1.29 is 9.59 Å². The van der Waals surface area contributed by atoms with Gasteiger partial charge in [-0.3, -0.25) is 9.59 Å². The van der Waals surface area contributed by atoms with Crippen LogP contribution in [0.15, 0.2) is 0 Å². The summed E-state index contributed by atoms with van der Waals surface area (Å²) in [6, 6.07) is 1.35. The molecule has 2 atom stereocenters. The first kappa shape index (κ1) is 16.4. The topological polar surface area (TPSA) is 82.0 Å². The summed E-state index contributed by atoms with van der Waals surface area (Å²) >= 11 is 0. The maximum atomic E-state index is 11.9. The van der Waals surface area contributed by atoms with Gasteiger partial charge < -0.3 is 10.6 Å². The fourth-order valence-electron chi connectivity index (χ4n) is 1.17. The van der Waals surface area contributed by atoms with Crippen LogP contribution in [0.3, 0.4) is 0 Å². The van der Waals surface area contributed by atoms with Gasteiger partial charge in [-0.25, -0.2) is 0 Å². The van der Waals surface area contributed by atoms with Gasteiger partial charge in [0.05, 0.1) is 6.07 Å². The maximum Gasteiger partial charge on any atom is 0.242 e. The van der Waals surface area contributed by atoms with Crippen LogP contribution in [-0.4, -0.2) is 24.4 Å². The second kappa shape index (κ2) is 7.00. The highest BCUT2D eigenvalue weighted by Gasteiger charge is 2.32. The Morgan fingerprint density at radius 1 is 1.33 bits per heavy atom. The highest BCUT2D eigenvalue weighted by molar-refractivity contribution is 5.90. The van der Waals surface area contributed by atoms with Crippen LogP contribution in [0.25, 0.3) is 0 Å². The van der Waals surface area contributed by atoms with Gasteiger partial charge in [-0.1, -0.05) is 20.8 Å². The minimum absolute atomic E-state index is 0.228. The molecule has 0 bridgehead atoms. The molecule has 0 heterocycles. The van der Waals surface area contributed by atoms with Gasteiger partial charge in [0.25, 0.3) is 0 Å². The van der Waals surface area contributed by atoms with Crippen molar-refractivity contribution in [2.45, 2.75) is 47.1 Å². The number of rotatable bonds is 6. The van der Waals surface area contributed by atoms with Gasteiger partial charge in [0.15, 0.2) is 0 Å². The van der Waals surface area contributed by atoms with Crippen LogP contribution in [0, 0.1) is 22.7 Å². The van der Waals surface area contributed by atoms with Crippen LogP contribution in [0.4, 0.5) is 0 Å². The first-order chi connectivity index (χ1) is 8.26. The number of nitriles is 1. The molecule has 0 fully saturated rings. The first-order valence-electron chi connectivity index (χ1n) is 6.26. The standard InChI is InChI=1S/C13H23N3O2/c1-6-13(5,8-14)12(18)16-10(4)11(17)15-7-9(2)3/h9-10H,6-7H2,1-5H3,(H,15,17)(H,16,18). The molecule has 2 amide bonds. The Morgan fingerprint density at radius 2 is 1.89 bits per heavy atom. The molecule has 5 nitrogen and oxygen atoms in total. The number of carbonyl (C=O) groups is 2. The molecule has 0 aliphatic rings. The van der Waals surface area contributed by atoms with Gasteiger partial charge in [0.1, 0.15) is 11.5 Å². The number of amides is 2. The van der Waals surface area contributed by atoms with E-state index in [4.69, 9.17) is 5.26 Å². The maximum absolute atomic E-state index is 11.9. The van der Waals surface area contributed by atoms with Crippen LogP contribution in [0.1, 0.15) is 41.0 Å². The summed E-state index contributed by atoms with van der Waals surface area (Å²) < 4.78 is 0. The third-order valence-electron chi connectivity index (χ3n) is 2.88. The molecule has 5 heteroatoms.